The Balaban J connectivity index is 3.40. The van der Waals surface area contributed by atoms with E-state index < -0.39 is 0 Å². The molecule has 0 saturated heterocycles. The van der Waals surface area contributed by atoms with E-state index in [9.17, 15) is 4.79 Å². The van der Waals surface area contributed by atoms with E-state index in [1.807, 2.05) is 0 Å². The zero-order chi connectivity index (χ0) is 11.5. The highest BCUT2D eigenvalue weighted by molar-refractivity contribution is 5.69. The number of unbranched alkanes of at least 4 members (excludes halogenated alkanes) is 3. The van der Waals surface area contributed by atoms with E-state index in [1.165, 1.54) is 12.8 Å². The van der Waals surface area contributed by atoms with Gasteiger partial charge in [-0.3, -0.25) is 4.79 Å². The molecule has 0 aliphatic carbocycles. The second kappa shape index (κ2) is 9.93. The monoisotopic (exact) mass is 217 g/mol. The number of nitrogens with two attached hydrogens (primary N) is 1. The fourth-order valence-corrected chi connectivity index (χ4v) is 1.22. The summed E-state index contributed by atoms with van der Waals surface area (Å²) in [5.41, 5.74) is 5.39. The zero-order valence-electron chi connectivity index (χ0n) is 9.83. The van der Waals surface area contributed by atoms with Crippen LogP contribution >= 0.6 is 0 Å². The van der Waals surface area contributed by atoms with Gasteiger partial charge in [-0.15, -0.1) is 0 Å². The Morgan fingerprint density at radius 3 is 2.60 bits per heavy atom. The third-order valence-corrected chi connectivity index (χ3v) is 2.25. The minimum atomic E-state index is -0.219. The average Bonchev–Trinajstić information content (AvgIpc) is 2.25. The Morgan fingerprint density at radius 1 is 1.33 bits per heavy atom. The van der Waals surface area contributed by atoms with Crippen LogP contribution in [0.15, 0.2) is 0 Å². The highest BCUT2D eigenvalue weighted by Gasteiger charge is 2.11. The lowest BCUT2D eigenvalue weighted by molar-refractivity contribution is -0.146. The normalized spacial score (nSPS) is 12.5. The molecule has 15 heavy (non-hydrogen) atoms. The number of carbonyl (C=O) groups is 1. The smallest absolute Gasteiger partial charge is 0.308 e. The number of hydrogen-bond donors (Lipinski definition) is 1. The topological polar surface area (TPSA) is 61.5 Å². The van der Waals surface area contributed by atoms with Crippen molar-refractivity contribution in [3.63, 3.8) is 0 Å². The molecule has 0 heterocycles. The Morgan fingerprint density at radius 2 is 2.07 bits per heavy atom. The van der Waals surface area contributed by atoms with Crippen molar-refractivity contribution in [2.45, 2.75) is 45.1 Å². The van der Waals surface area contributed by atoms with Gasteiger partial charge in [0.15, 0.2) is 0 Å². The molecule has 0 radical (unpaired) electrons. The van der Waals surface area contributed by atoms with E-state index >= 15 is 0 Å². The Labute approximate surface area is 92.1 Å². The molecule has 0 bridgehead atoms. The molecule has 0 saturated carbocycles. The molecule has 4 heteroatoms. The summed E-state index contributed by atoms with van der Waals surface area (Å²) < 4.78 is 10.0. The van der Waals surface area contributed by atoms with Gasteiger partial charge >= 0.3 is 5.97 Å². The summed E-state index contributed by atoms with van der Waals surface area (Å²) in [7, 11) is 1.55. The van der Waals surface area contributed by atoms with Gasteiger partial charge in [0.1, 0.15) is 0 Å². The number of ether oxygens (including phenoxy) is 2. The van der Waals surface area contributed by atoms with Crippen LogP contribution in [0.2, 0.25) is 0 Å². The summed E-state index contributed by atoms with van der Waals surface area (Å²) in [6.45, 7) is 3.01. The van der Waals surface area contributed by atoms with Gasteiger partial charge in [0.2, 0.25) is 0 Å². The van der Waals surface area contributed by atoms with Crippen LogP contribution in [0, 0.1) is 0 Å². The van der Waals surface area contributed by atoms with Crippen molar-refractivity contribution in [3.05, 3.63) is 0 Å². The fraction of sp³-hybridized carbons (Fsp3) is 0.909. The molecular weight excluding hydrogens is 194 g/mol. The minimum absolute atomic E-state index is 0.215. The molecule has 0 spiro atoms. The van der Waals surface area contributed by atoms with Gasteiger partial charge in [-0.05, 0) is 6.42 Å². The van der Waals surface area contributed by atoms with Crippen LogP contribution in [0.3, 0.4) is 0 Å². The maximum absolute atomic E-state index is 11.2. The SMILES string of the molecule is CCCCCCOC(=O)CC(CN)OC. The van der Waals surface area contributed by atoms with Gasteiger partial charge in [0.05, 0.1) is 19.1 Å². The molecule has 90 valence electrons. The van der Waals surface area contributed by atoms with Gasteiger partial charge in [-0.1, -0.05) is 26.2 Å². The maximum Gasteiger partial charge on any atom is 0.308 e. The molecular formula is C11H23NO3. The second-order valence-corrected chi connectivity index (χ2v) is 3.58. The van der Waals surface area contributed by atoms with Crippen molar-refractivity contribution >= 4 is 5.97 Å². The van der Waals surface area contributed by atoms with Gasteiger partial charge < -0.3 is 15.2 Å². The Hall–Kier alpha value is -0.610. The molecule has 0 aliphatic heterocycles. The minimum Gasteiger partial charge on any atom is -0.466 e. The van der Waals surface area contributed by atoms with Gasteiger partial charge in [0, 0.05) is 13.7 Å². The molecule has 0 aliphatic rings. The molecule has 0 aromatic heterocycles. The molecule has 1 unspecified atom stereocenters. The van der Waals surface area contributed by atoms with E-state index in [-0.39, 0.29) is 18.5 Å². The predicted molar refractivity (Wildman–Crippen MR) is 59.6 cm³/mol. The first-order valence-corrected chi connectivity index (χ1v) is 5.63. The van der Waals surface area contributed by atoms with Gasteiger partial charge in [0.25, 0.3) is 0 Å². The summed E-state index contributed by atoms with van der Waals surface area (Å²) in [4.78, 5) is 11.2. The van der Waals surface area contributed by atoms with Crippen molar-refractivity contribution in [1.29, 1.82) is 0 Å². The van der Waals surface area contributed by atoms with Crippen molar-refractivity contribution < 1.29 is 14.3 Å². The van der Waals surface area contributed by atoms with Crippen LogP contribution in [0.1, 0.15) is 39.0 Å². The van der Waals surface area contributed by atoms with E-state index in [2.05, 4.69) is 6.92 Å². The first-order chi connectivity index (χ1) is 7.24. The van der Waals surface area contributed by atoms with E-state index in [0.717, 1.165) is 12.8 Å². The maximum atomic E-state index is 11.2. The summed E-state index contributed by atoms with van der Waals surface area (Å²) in [5.74, 6) is -0.219. The van der Waals surface area contributed by atoms with Crippen LogP contribution in [0.4, 0.5) is 0 Å². The standard InChI is InChI=1S/C11H23NO3/c1-3-4-5-6-7-15-11(13)8-10(9-12)14-2/h10H,3-9,12H2,1-2H3. The summed E-state index contributed by atoms with van der Waals surface area (Å²) in [5, 5.41) is 0. The third kappa shape index (κ3) is 8.39. The average molecular weight is 217 g/mol. The predicted octanol–water partition coefficient (Wildman–Crippen LogP) is 1.47. The molecule has 1 atom stereocenters. The Bertz CT molecular complexity index is 158. The molecule has 0 rings (SSSR count). The van der Waals surface area contributed by atoms with Crippen molar-refractivity contribution in [2.24, 2.45) is 5.73 Å². The number of esters is 1. The number of methoxy groups -OCH3 is 1. The van der Waals surface area contributed by atoms with Crippen LogP contribution in [0.25, 0.3) is 0 Å². The highest BCUT2D eigenvalue weighted by Crippen LogP contribution is 2.01. The molecule has 0 amide bonds. The van der Waals surface area contributed by atoms with Crippen LogP contribution in [0.5, 0.6) is 0 Å². The van der Waals surface area contributed by atoms with E-state index in [4.69, 9.17) is 15.2 Å². The highest BCUT2D eigenvalue weighted by atomic mass is 16.5. The molecule has 4 nitrogen and oxygen atoms in total. The molecule has 2 N–H and O–H groups in total. The zero-order valence-corrected chi connectivity index (χ0v) is 9.83. The second-order valence-electron chi connectivity index (χ2n) is 3.58. The number of carbonyl (C=O) groups excluding carboxylic acids is 1. The molecule has 0 aromatic rings. The number of hydrogen-bond acceptors (Lipinski definition) is 4. The Kier molecular flexibility index (Phi) is 9.52. The molecule has 0 aromatic carbocycles. The lowest BCUT2D eigenvalue weighted by Crippen LogP contribution is -2.26. The number of rotatable bonds is 9. The van der Waals surface area contributed by atoms with Crippen molar-refractivity contribution in [3.8, 4) is 0 Å². The quantitative estimate of drug-likeness (QED) is 0.469. The first kappa shape index (κ1) is 14.4. The van der Waals surface area contributed by atoms with Crippen molar-refractivity contribution in [2.75, 3.05) is 20.3 Å². The van der Waals surface area contributed by atoms with E-state index in [0.29, 0.717) is 13.2 Å². The lowest BCUT2D eigenvalue weighted by atomic mass is 10.2. The van der Waals surface area contributed by atoms with Crippen LogP contribution < -0.4 is 5.73 Å². The van der Waals surface area contributed by atoms with Crippen LogP contribution in [-0.2, 0) is 14.3 Å². The van der Waals surface area contributed by atoms with E-state index in [1.54, 1.807) is 7.11 Å². The fourth-order valence-electron chi connectivity index (χ4n) is 1.22. The van der Waals surface area contributed by atoms with Gasteiger partial charge in [-0.25, -0.2) is 0 Å². The largest absolute Gasteiger partial charge is 0.466 e. The van der Waals surface area contributed by atoms with Crippen LogP contribution in [-0.4, -0.2) is 32.3 Å². The first-order valence-electron chi connectivity index (χ1n) is 5.63. The van der Waals surface area contributed by atoms with Gasteiger partial charge in [-0.2, -0.15) is 0 Å². The molecule has 0 fully saturated rings. The summed E-state index contributed by atoms with van der Waals surface area (Å²) in [6, 6.07) is 0. The lowest BCUT2D eigenvalue weighted by Gasteiger charge is -2.11. The van der Waals surface area contributed by atoms with Crippen molar-refractivity contribution in [1.82, 2.24) is 0 Å². The summed E-state index contributed by atoms with van der Waals surface area (Å²) in [6.07, 6.45) is 4.48. The summed E-state index contributed by atoms with van der Waals surface area (Å²) >= 11 is 0. The third-order valence-electron chi connectivity index (χ3n) is 2.25.